The second-order valence-corrected chi connectivity index (χ2v) is 4.29. The molecule has 1 aromatic rings. The summed E-state index contributed by atoms with van der Waals surface area (Å²) in [6.45, 7) is 6.45. The maximum atomic E-state index is 5.66. The lowest BCUT2D eigenvalue weighted by molar-refractivity contribution is 0.0932. The number of hydrogen-bond donors (Lipinski definition) is 1. The van der Waals surface area contributed by atoms with Gasteiger partial charge >= 0.3 is 0 Å². The van der Waals surface area contributed by atoms with Crippen LogP contribution in [0.4, 0.5) is 5.69 Å². The monoisotopic (exact) mass is 206 g/mol. The molecule has 0 bridgehead atoms. The third-order valence-corrected chi connectivity index (χ3v) is 2.67. The van der Waals surface area contributed by atoms with Crippen LogP contribution in [-0.2, 0) is 0 Å². The molecule has 1 fully saturated rings. The van der Waals surface area contributed by atoms with Gasteiger partial charge in [0.05, 0.1) is 0 Å². The largest absolute Gasteiger partial charge is 0.492 e. The number of nitrogens with two attached hydrogens (primary N) is 1. The van der Waals surface area contributed by atoms with Crippen LogP contribution < -0.4 is 10.5 Å². The molecule has 0 unspecified atom stereocenters. The first kappa shape index (κ1) is 10.3. The number of rotatable bonds is 4. The number of benzene rings is 1. The molecule has 3 nitrogen and oxygen atoms in total. The number of likely N-dealkylation sites (tertiary alicyclic amines) is 1. The van der Waals surface area contributed by atoms with E-state index in [1.165, 1.54) is 13.1 Å². The fourth-order valence-electron chi connectivity index (χ4n) is 1.91. The number of anilines is 1. The Hall–Kier alpha value is -1.22. The smallest absolute Gasteiger partial charge is 0.121 e. The van der Waals surface area contributed by atoms with Crippen LogP contribution in [0.2, 0.25) is 0 Å². The number of ether oxygens (including phenoxy) is 1. The molecule has 15 heavy (non-hydrogen) atoms. The van der Waals surface area contributed by atoms with Gasteiger partial charge in [-0.1, -0.05) is 13.0 Å². The zero-order chi connectivity index (χ0) is 10.7. The minimum Gasteiger partial charge on any atom is -0.492 e. The van der Waals surface area contributed by atoms with Crippen molar-refractivity contribution in [3.8, 4) is 5.75 Å². The summed E-state index contributed by atoms with van der Waals surface area (Å²) in [6.07, 6.45) is 0. The SMILES string of the molecule is CC1CN(CCOc2cccc(N)c2)C1. The molecule has 2 N–H and O–H groups in total. The van der Waals surface area contributed by atoms with Gasteiger partial charge in [0.1, 0.15) is 12.4 Å². The zero-order valence-corrected chi connectivity index (χ0v) is 9.15. The van der Waals surface area contributed by atoms with E-state index in [-0.39, 0.29) is 0 Å². The predicted octanol–water partition coefficient (Wildman–Crippen LogP) is 1.60. The van der Waals surface area contributed by atoms with Gasteiger partial charge in [-0.05, 0) is 18.1 Å². The van der Waals surface area contributed by atoms with Gasteiger partial charge in [0.15, 0.2) is 0 Å². The molecule has 0 atom stereocenters. The first-order valence-corrected chi connectivity index (χ1v) is 5.45. The Morgan fingerprint density at radius 3 is 2.93 bits per heavy atom. The predicted molar refractivity (Wildman–Crippen MR) is 62.0 cm³/mol. The van der Waals surface area contributed by atoms with Crippen molar-refractivity contribution in [3.05, 3.63) is 24.3 Å². The van der Waals surface area contributed by atoms with Crippen LogP contribution in [0.25, 0.3) is 0 Å². The molecule has 0 amide bonds. The number of nitrogen functional groups attached to an aromatic ring is 1. The maximum Gasteiger partial charge on any atom is 0.121 e. The summed E-state index contributed by atoms with van der Waals surface area (Å²) in [4.78, 5) is 2.40. The van der Waals surface area contributed by atoms with E-state index in [4.69, 9.17) is 10.5 Å². The average Bonchev–Trinajstić information content (AvgIpc) is 2.15. The maximum absolute atomic E-state index is 5.66. The summed E-state index contributed by atoms with van der Waals surface area (Å²) < 4.78 is 5.61. The fraction of sp³-hybridized carbons (Fsp3) is 0.500. The quantitative estimate of drug-likeness (QED) is 0.760. The van der Waals surface area contributed by atoms with Crippen LogP contribution in [0.5, 0.6) is 5.75 Å². The molecule has 1 heterocycles. The highest BCUT2D eigenvalue weighted by molar-refractivity contribution is 5.43. The Kier molecular flexibility index (Phi) is 3.11. The molecule has 1 aliphatic rings. The molecule has 0 aromatic heterocycles. The lowest BCUT2D eigenvalue weighted by Gasteiger charge is -2.36. The molecule has 0 aliphatic carbocycles. The molecular formula is C12H18N2O. The summed E-state index contributed by atoms with van der Waals surface area (Å²) in [6, 6.07) is 7.58. The molecule has 0 radical (unpaired) electrons. The Bertz CT molecular complexity index is 321. The van der Waals surface area contributed by atoms with Crippen molar-refractivity contribution in [2.24, 2.45) is 5.92 Å². The minimum absolute atomic E-state index is 0.746. The van der Waals surface area contributed by atoms with E-state index in [1.54, 1.807) is 0 Å². The van der Waals surface area contributed by atoms with E-state index in [0.29, 0.717) is 0 Å². The second-order valence-electron chi connectivity index (χ2n) is 4.29. The van der Waals surface area contributed by atoms with E-state index in [2.05, 4.69) is 11.8 Å². The van der Waals surface area contributed by atoms with Crippen LogP contribution in [0.3, 0.4) is 0 Å². The number of hydrogen-bond acceptors (Lipinski definition) is 3. The Balaban J connectivity index is 1.69. The van der Waals surface area contributed by atoms with Crippen molar-refractivity contribution in [2.45, 2.75) is 6.92 Å². The average molecular weight is 206 g/mol. The van der Waals surface area contributed by atoms with Gasteiger partial charge < -0.3 is 10.5 Å². The third-order valence-electron chi connectivity index (χ3n) is 2.67. The summed E-state index contributed by atoms with van der Waals surface area (Å²) in [5, 5.41) is 0. The van der Waals surface area contributed by atoms with Crippen molar-refractivity contribution in [2.75, 3.05) is 32.0 Å². The van der Waals surface area contributed by atoms with Gasteiger partial charge in [-0.25, -0.2) is 0 Å². The van der Waals surface area contributed by atoms with Gasteiger partial charge in [0.25, 0.3) is 0 Å². The zero-order valence-electron chi connectivity index (χ0n) is 9.15. The van der Waals surface area contributed by atoms with Gasteiger partial charge in [-0.2, -0.15) is 0 Å². The van der Waals surface area contributed by atoms with Gasteiger partial charge in [-0.15, -0.1) is 0 Å². The van der Waals surface area contributed by atoms with Crippen LogP contribution in [0, 0.1) is 5.92 Å². The molecule has 82 valence electrons. The minimum atomic E-state index is 0.746. The summed E-state index contributed by atoms with van der Waals surface area (Å²) in [5.41, 5.74) is 6.41. The standard InChI is InChI=1S/C12H18N2O/c1-10-8-14(9-10)5-6-15-12-4-2-3-11(13)7-12/h2-4,7,10H,5-6,8-9,13H2,1H3. The van der Waals surface area contributed by atoms with Crippen molar-refractivity contribution >= 4 is 5.69 Å². The Morgan fingerprint density at radius 2 is 2.27 bits per heavy atom. The van der Waals surface area contributed by atoms with E-state index in [9.17, 15) is 0 Å². The molecule has 3 heteroatoms. The molecular weight excluding hydrogens is 188 g/mol. The molecule has 0 spiro atoms. The van der Waals surface area contributed by atoms with Crippen LogP contribution in [0.15, 0.2) is 24.3 Å². The van der Waals surface area contributed by atoms with E-state index < -0.39 is 0 Å². The highest BCUT2D eigenvalue weighted by atomic mass is 16.5. The highest BCUT2D eigenvalue weighted by Crippen LogP contribution is 2.16. The second kappa shape index (κ2) is 4.53. The fourth-order valence-corrected chi connectivity index (χ4v) is 1.91. The summed E-state index contributed by atoms with van der Waals surface area (Å²) in [7, 11) is 0. The first-order valence-electron chi connectivity index (χ1n) is 5.45. The van der Waals surface area contributed by atoms with E-state index >= 15 is 0 Å². The number of nitrogens with zero attached hydrogens (tertiary/aromatic N) is 1. The van der Waals surface area contributed by atoms with E-state index in [0.717, 1.165) is 30.5 Å². The van der Waals surface area contributed by atoms with Crippen molar-refractivity contribution in [1.82, 2.24) is 4.90 Å². The lowest BCUT2D eigenvalue weighted by Crippen LogP contribution is -2.46. The first-order chi connectivity index (χ1) is 7.24. The molecule has 0 saturated carbocycles. The van der Waals surface area contributed by atoms with Gasteiger partial charge in [-0.3, -0.25) is 4.90 Å². The highest BCUT2D eigenvalue weighted by Gasteiger charge is 2.21. The van der Waals surface area contributed by atoms with Crippen LogP contribution in [0.1, 0.15) is 6.92 Å². The van der Waals surface area contributed by atoms with E-state index in [1.807, 2.05) is 24.3 Å². The van der Waals surface area contributed by atoms with Gasteiger partial charge in [0.2, 0.25) is 0 Å². The van der Waals surface area contributed by atoms with Gasteiger partial charge in [0, 0.05) is 31.4 Å². The molecule has 1 aliphatic heterocycles. The Labute approximate surface area is 90.8 Å². The normalized spacial score (nSPS) is 17.4. The van der Waals surface area contributed by atoms with Crippen molar-refractivity contribution in [1.29, 1.82) is 0 Å². The van der Waals surface area contributed by atoms with Crippen LogP contribution in [-0.4, -0.2) is 31.1 Å². The van der Waals surface area contributed by atoms with Crippen molar-refractivity contribution in [3.63, 3.8) is 0 Å². The van der Waals surface area contributed by atoms with Crippen LogP contribution >= 0.6 is 0 Å². The summed E-state index contributed by atoms with van der Waals surface area (Å²) >= 11 is 0. The molecule has 1 aromatic carbocycles. The molecule has 2 rings (SSSR count). The third kappa shape index (κ3) is 2.86. The molecule has 1 saturated heterocycles. The summed E-state index contributed by atoms with van der Waals surface area (Å²) in [5.74, 6) is 1.72. The van der Waals surface area contributed by atoms with Crippen molar-refractivity contribution < 1.29 is 4.74 Å². The lowest BCUT2D eigenvalue weighted by atomic mass is 10.0. The Morgan fingerprint density at radius 1 is 1.47 bits per heavy atom. The topological polar surface area (TPSA) is 38.5 Å².